The minimum absolute atomic E-state index is 0.0719. The molecular formula is C16H29N3. The molecule has 3 nitrogen and oxygen atoms in total. The second kappa shape index (κ2) is 7.61. The molecule has 1 atom stereocenters. The van der Waals surface area contributed by atoms with E-state index in [9.17, 15) is 0 Å². The Morgan fingerprint density at radius 2 is 1.95 bits per heavy atom. The molecule has 1 rings (SSSR count). The maximum atomic E-state index is 4.47. The monoisotopic (exact) mass is 263 g/mol. The fourth-order valence-electron chi connectivity index (χ4n) is 2.23. The molecule has 0 amide bonds. The van der Waals surface area contributed by atoms with Gasteiger partial charge in [0.25, 0.3) is 0 Å². The standard InChI is InChI=1S/C16H29N3/c1-13(2)14(10-17-5)11-18-12-16(3,4)15-8-6-7-9-19-15/h6-9,13-14,17-18H,10-12H2,1-5H3. The number of nitrogens with one attached hydrogen (secondary N) is 2. The summed E-state index contributed by atoms with van der Waals surface area (Å²) in [5.41, 5.74) is 1.22. The van der Waals surface area contributed by atoms with Gasteiger partial charge in [0.2, 0.25) is 0 Å². The lowest BCUT2D eigenvalue weighted by molar-refractivity contribution is 0.335. The van der Waals surface area contributed by atoms with Gasteiger partial charge in [-0.2, -0.15) is 0 Å². The van der Waals surface area contributed by atoms with E-state index in [4.69, 9.17) is 0 Å². The van der Waals surface area contributed by atoms with Crippen LogP contribution in [-0.4, -0.2) is 31.7 Å². The second-order valence-electron chi connectivity index (χ2n) is 6.29. The highest BCUT2D eigenvalue weighted by Crippen LogP contribution is 2.19. The van der Waals surface area contributed by atoms with Crippen molar-refractivity contribution >= 4 is 0 Å². The van der Waals surface area contributed by atoms with Crippen molar-refractivity contribution in [3.05, 3.63) is 30.1 Å². The van der Waals surface area contributed by atoms with Gasteiger partial charge >= 0.3 is 0 Å². The van der Waals surface area contributed by atoms with E-state index < -0.39 is 0 Å². The zero-order valence-electron chi connectivity index (χ0n) is 13.0. The molecule has 1 heterocycles. The van der Waals surface area contributed by atoms with E-state index in [0.29, 0.717) is 11.8 Å². The number of nitrogens with zero attached hydrogens (tertiary/aromatic N) is 1. The molecule has 0 fully saturated rings. The summed E-state index contributed by atoms with van der Waals surface area (Å²) in [4.78, 5) is 4.47. The third-order valence-corrected chi connectivity index (χ3v) is 3.74. The molecule has 3 heteroatoms. The van der Waals surface area contributed by atoms with E-state index in [1.54, 1.807) is 0 Å². The Morgan fingerprint density at radius 3 is 2.47 bits per heavy atom. The number of hydrogen-bond donors (Lipinski definition) is 2. The van der Waals surface area contributed by atoms with E-state index in [-0.39, 0.29) is 5.41 Å². The van der Waals surface area contributed by atoms with Gasteiger partial charge in [-0.3, -0.25) is 4.98 Å². The quantitative estimate of drug-likeness (QED) is 0.756. The summed E-state index contributed by atoms with van der Waals surface area (Å²) in [6.07, 6.45) is 1.87. The summed E-state index contributed by atoms with van der Waals surface area (Å²) >= 11 is 0. The molecular weight excluding hydrogens is 234 g/mol. The van der Waals surface area contributed by atoms with Crippen LogP contribution in [0.1, 0.15) is 33.4 Å². The molecule has 2 N–H and O–H groups in total. The summed E-state index contributed by atoms with van der Waals surface area (Å²) in [6.45, 7) is 12.1. The smallest absolute Gasteiger partial charge is 0.0472 e. The average molecular weight is 263 g/mol. The summed E-state index contributed by atoms with van der Waals surface area (Å²) in [5, 5.41) is 6.89. The molecule has 0 aliphatic carbocycles. The lowest BCUT2D eigenvalue weighted by atomic mass is 9.88. The summed E-state index contributed by atoms with van der Waals surface area (Å²) < 4.78 is 0. The van der Waals surface area contributed by atoms with Gasteiger partial charge < -0.3 is 10.6 Å². The SMILES string of the molecule is CNCC(CNCC(C)(C)c1ccccn1)C(C)C. The first-order valence-corrected chi connectivity index (χ1v) is 7.24. The fourth-order valence-corrected chi connectivity index (χ4v) is 2.23. The first-order chi connectivity index (χ1) is 8.97. The number of hydrogen-bond acceptors (Lipinski definition) is 3. The molecule has 0 saturated carbocycles. The molecule has 1 unspecified atom stereocenters. The lowest BCUT2D eigenvalue weighted by Crippen LogP contribution is -2.39. The van der Waals surface area contributed by atoms with Gasteiger partial charge in [0.1, 0.15) is 0 Å². The van der Waals surface area contributed by atoms with Crippen LogP contribution in [0.5, 0.6) is 0 Å². The molecule has 0 aromatic carbocycles. The Morgan fingerprint density at radius 1 is 1.21 bits per heavy atom. The zero-order chi connectivity index (χ0) is 14.3. The molecule has 108 valence electrons. The topological polar surface area (TPSA) is 37.0 Å². The van der Waals surface area contributed by atoms with Crippen molar-refractivity contribution in [2.45, 2.75) is 33.1 Å². The maximum Gasteiger partial charge on any atom is 0.0472 e. The predicted molar refractivity (Wildman–Crippen MR) is 82.4 cm³/mol. The third-order valence-electron chi connectivity index (χ3n) is 3.74. The minimum Gasteiger partial charge on any atom is -0.319 e. The fraction of sp³-hybridized carbons (Fsp3) is 0.688. The molecule has 0 aliphatic heterocycles. The first kappa shape index (κ1) is 16.1. The normalized spacial score (nSPS) is 13.8. The van der Waals surface area contributed by atoms with Crippen LogP contribution in [0.15, 0.2) is 24.4 Å². The van der Waals surface area contributed by atoms with E-state index in [1.807, 2.05) is 19.3 Å². The van der Waals surface area contributed by atoms with Gasteiger partial charge in [0.05, 0.1) is 0 Å². The molecule has 0 saturated heterocycles. The predicted octanol–water partition coefficient (Wildman–Crippen LogP) is 2.44. The lowest BCUT2D eigenvalue weighted by Gasteiger charge is -2.27. The summed E-state index contributed by atoms with van der Waals surface area (Å²) in [7, 11) is 2.02. The maximum absolute atomic E-state index is 4.47. The van der Waals surface area contributed by atoms with Gasteiger partial charge in [-0.15, -0.1) is 0 Å². The number of aromatic nitrogens is 1. The van der Waals surface area contributed by atoms with Crippen molar-refractivity contribution in [1.29, 1.82) is 0 Å². The highest BCUT2D eigenvalue weighted by atomic mass is 14.9. The Balaban J connectivity index is 2.47. The molecule has 0 radical (unpaired) electrons. The van der Waals surface area contributed by atoms with Crippen molar-refractivity contribution in [3.8, 4) is 0 Å². The van der Waals surface area contributed by atoms with Crippen LogP contribution >= 0.6 is 0 Å². The van der Waals surface area contributed by atoms with Crippen LogP contribution < -0.4 is 10.6 Å². The van der Waals surface area contributed by atoms with Crippen LogP contribution in [0.25, 0.3) is 0 Å². The van der Waals surface area contributed by atoms with Gasteiger partial charge in [-0.05, 0) is 44.1 Å². The van der Waals surface area contributed by atoms with Gasteiger partial charge in [0.15, 0.2) is 0 Å². The minimum atomic E-state index is 0.0719. The molecule has 0 aliphatic rings. The Hall–Kier alpha value is -0.930. The first-order valence-electron chi connectivity index (χ1n) is 7.24. The highest BCUT2D eigenvalue weighted by molar-refractivity contribution is 5.14. The highest BCUT2D eigenvalue weighted by Gasteiger charge is 2.22. The summed E-state index contributed by atoms with van der Waals surface area (Å²) in [5.74, 6) is 1.36. The Bertz CT molecular complexity index is 346. The molecule has 0 spiro atoms. The van der Waals surface area contributed by atoms with E-state index >= 15 is 0 Å². The molecule has 0 bridgehead atoms. The van der Waals surface area contributed by atoms with Crippen LogP contribution in [0, 0.1) is 11.8 Å². The number of pyridine rings is 1. The van der Waals surface area contributed by atoms with E-state index in [1.165, 1.54) is 0 Å². The van der Waals surface area contributed by atoms with E-state index in [2.05, 4.69) is 55.4 Å². The zero-order valence-corrected chi connectivity index (χ0v) is 13.0. The van der Waals surface area contributed by atoms with Crippen LogP contribution in [-0.2, 0) is 5.41 Å². The molecule has 1 aromatic heterocycles. The second-order valence-corrected chi connectivity index (χ2v) is 6.29. The molecule has 19 heavy (non-hydrogen) atoms. The van der Waals surface area contributed by atoms with E-state index in [0.717, 1.165) is 25.3 Å². The van der Waals surface area contributed by atoms with Crippen molar-refractivity contribution < 1.29 is 0 Å². The van der Waals surface area contributed by atoms with Crippen LogP contribution in [0.4, 0.5) is 0 Å². The van der Waals surface area contributed by atoms with Crippen molar-refractivity contribution in [2.75, 3.05) is 26.7 Å². The van der Waals surface area contributed by atoms with Gasteiger partial charge in [-0.25, -0.2) is 0 Å². The van der Waals surface area contributed by atoms with Crippen LogP contribution in [0.3, 0.4) is 0 Å². The largest absolute Gasteiger partial charge is 0.319 e. The Labute approximate surface area is 118 Å². The summed E-state index contributed by atoms with van der Waals surface area (Å²) in [6, 6.07) is 6.13. The van der Waals surface area contributed by atoms with Crippen molar-refractivity contribution in [3.63, 3.8) is 0 Å². The molecule has 1 aromatic rings. The average Bonchev–Trinajstić information content (AvgIpc) is 2.38. The Kier molecular flexibility index (Phi) is 6.46. The number of rotatable bonds is 8. The van der Waals surface area contributed by atoms with Crippen molar-refractivity contribution in [1.82, 2.24) is 15.6 Å². The van der Waals surface area contributed by atoms with Crippen LogP contribution in [0.2, 0.25) is 0 Å². The van der Waals surface area contributed by atoms with Gasteiger partial charge in [0, 0.05) is 23.9 Å². The van der Waals surface area contributed by atoms with Crippen molar-refractivity contribution in [2.24, 2.45) is 11.8 Å². The third kappa shape index (κ3) is 5.29. The van der Waals surface area contributed by atoms with Gasteiger partial charge in [-0.1, -0.05) is 33.8 Å².